The van der Waals surface area contributed by atoms with Crippen LogP contribution in [-0.4, -0.2) is 35.7 Å². The lowest BCUT2D eigenvalue weighted by Crippen LogP contribution is -2.07. The lowest BCUT2D eigenvalue weighted by atomic mass is 10.3. The van der Waals surface area contributed by atoms with Crippen LogP contribution in [0.5, 0.6) is 23.5 Å². The highest BCUT2D eigenvalue weighted by Gasteiger charge is 2.09. The highest BCUT2D eigenvalue weighted by Crippen LogP contribution is 2.24. The Morgan fingerprint density at radius 2 is 1.76 bits per heavy atom. The van der Waals surface area contributed by atoms with Gasteiger partial charge in [-0.1, -0.05) is 13.0 Å². The largest absolute Gasteiger partial charge is 0.497 e. The van der Waals surface area contributed by atoms with Gasteiger partial charge in [0.15, 0.2) is 0 Å². The molecule has 0 aliphatic rings. The lowest BCUT2D eigenvalue weighted by molar-refractivity contribution is 0.359. The zero-order valence-electron chi connectivity index (χ0n) is 12.3. The second-order valence-corrected chi connectivity index (χ2v) is 4.14. The summed E-state index contributed by atoms with van der Waals surface area (Å²) in [7, 11) is 3.09. The number of rotatable bonds is 7. The molecule has 2 rings (SSSR count). The molecule has 2 aromatic rings. The maximum Gasteiger partial charge on any atom is 0.330 e. The Balaban J connectivity index is 2.21. The van der Waals surface area contributed by atoms with Crippen molar-refractivity contribution in [2.75, 3.05) is 26.1 Å². The molecular formula is C14H18N4O3. The molecule has 0 amide bonds. The Bertz CT molecular complexity index is 592. The molecule has 0 fully saturated rings. The maximum atomic E-state index is 5.62. The van der Waals surface area contributed by atoms with E-state index in [1.165, 1.54) is 7.11 Å². The lowest BCUT2D eigenvalue weighted by Gasteiger charge is -2.09. The smallest absolute Gasteiger partial charge is 0.330 e. The van der Waals surface area contributed by atoms with Gasteiger partial charge in [0.05, 0.1) is 14.2 Å². The number of ether oxygens (including phenoxy) is 3. The molecule has 1 aromatic carbocycles. The standard InChI is InChI=1S/C14H18N4O3/c1-4-8-15-12-16-13(20-3)18-14(17-12)21-11-7-5-6-10(9-11)19-2/h5-7,9H,4,8H2,1-3H3,(H,15,16,17,18). The third-order valence-corrected chi connectivity index (χ3v) is 2.56. The summed E-state index contributed by atoms with van der Waals surface area (Å²) in [4.78, 5) is 12.4. The van der Waals surface area contributed by atoms with Crippen molar-refractivity contribution in [1.82, 2.24) is 15.0 Å². The van der Waals surface area contributed by atoms with Crippen molar-refractivity contribution in [2.45, 2.75) is 13.3 Å². The number of anilines is 1. The van der Waals surface area contributed by atoms with E-state index in [-0.39, 0.29) is 12.0 Å². The van der Waals surface area contributed by atoms with Crippen LogP contribution in [0.15, 0.2) is 24.3 Å². The fourth-order valence-electron chi connectivity index (χ4n) is 1.56. The molecule has 0 saturated carbocycles. The molecule has 0 spiro atoms. The summed E-state index contributed by atoms with van der Waals surface area (Å²) in [6.45, 7) is 2.81. The Morgan fingerprint density at radius 3 is 2.48 bits per heavy atom. The number of benzene rings is 1. The molecule has 0 bridgehead atoms. The Labute approximate surface area is 123 Å². The summed E-state index contributed by atoms with van der Waals surface area (Å²) >= 11 is 0. The van der Waals surface area contributed by atoms with E-state index in [1.54, 1.807) is 19.2 Å². The van der Waals surface area contributed by atoms with Crippen molar-refractivity contribution in [3.05, 3.63) is 24.3 Å². The van der Waals surface area contributed by atoms with E-state index in [9.17, 15) is 0 Å². The molecular weight excluding hydrogens is 272 g/mol. The van der Waals surface area contributed by atoms with Crippen molar-refractivity contribution >= 4 is 5.95 Å². The van der Waals surface area contributed by atoms with Crippen molar-refractivity contribution in [3.8, 4) is 23.5 Å². The van der Waals surface area contributed by atoms with Gasteiger partial charge >= 0.3 is 12.0 Å². The zero-order chi connectivity index (χ0) is 15.1. The van der Waals surface area contributed by atoms with Gasteiger partial charge in [0.25, 0.3) is 0 Å². The quantitative estimate of drug-likeness (QED) is 0.839. The first kappa shape index (κ1) is 14.8. The van der Waals surface area contributed by atoms with E-state index < -0.39 is 0 Å². The van der Waals surface area contributed by atoms with E-state index >= 15 is 0 Å². The third kappa shape index (κ3) is 4.20. The average Bonchev–Trinajstić information content (AvgIpc) is 2.52. The molecule has 0 atom stereocenters. The third-order valence-electron chi connectivity index (χ3n) is 2.56. The molecule has 7 nitrogen and oxygen atoms in total. The molecule has 1 N–H and O–H groups in total. The fourth-order valence-corrected chi connectivity index (χ4v) is 1.56. The Kier molecular flexibility index (Phi) is 5.14. The normalized spacial score (nSPS) is 10.0. The summed E-state index contributed by atoms with van der Waals surface area (Å²) in [5.41, 5.74) is 0. The molecule has 0 unspecified atom stereocenters. The predicted molar refractivity (Wildman–Crippen MR) is 78.2 cm³/mol. The van der Waals surface area contributed by atoms with Crippen molar-refractivity contribution in [3.63, 3.8) is 0 Å². The van der Waals surface area contributed by atoms with Crippen LogP contribution < -0.4 is 19.5 Å². The van der Waals surface area contributed by atoms with Crippen LogP contribution in [0.2, 0.25) is 0 Å². The van der Waals surface area contributed by atoms with Crippen LogP contribution in [0.25, 0.3) is 0 Å². The summed E-state index contributed by atoms with van der Waals surface area (Å²) in [5.74, 6) is 1.68. The maximum absolute atomic E-state index is 5.62. The van der Waals surface area contributed by atoms with Crippen molar-refractivity contribution < 1.29 is 14.2 Å². The Hall–Kier alpha value is -2.57. The predicted octanol–water partition coefficient (Wildman–Crippen LogP) is 2.50. The molecule has 1 aromatic heterocycles. The minimum atomic E-state index is 0.161. The number of nitrogens with one attached hydrogen (secondary N) is 1. The number of aromatic nitrogens is 3. The van der Waals surface area contributed by atoms with Gasteiger partial charge in [-0.2, -0.15) is 9.97 Å². The molecule has 0 radical (unpaired) electrons. The van der Waals surface area contributed by atoms with Gasteiger partial charge in [-0.15, -0.1) is 4.98 Å². The van der Waals surface area contributed by atoms with Gasteiger partial charge in [0.2, 0.25) is 5.95 Å². The van der Waals surface area contributed by atoms with Crippen LogP contribution >= 0.6 is 0 Å². The summed E-state index contributed by atoms with van der Waals surface area (Å²) in [6.07, 6.45) is 0.958. The number of methoxy groups -OCH3 is 2. The van der Waals surface area contributed by atoms with Crippen LogP contribution in [0.4, 0.5) is 5.95 Å². The number of hydrogen-bond donors (Lipinski definition) is 1. The molecule has 0 aliphatic carbocycles. The van der Waals surface area contributed by atoms with Gasteiger partial charge in [0.1, 0.15) is 11.5 Å². The van der Waals surface area contributed by atoms with Gasteiger partial charge < -0.3 is 19.5 Å². The van der Waals surface area contributed by atoms with E-state index in [4.69, 9.17) is 14.2 Å². The first-order valence-electron chi connectivity index (χ1n) is 6.61. The first-order chi connectivity index (χ1) is 10.2. The highest BCUT2D eigenvalue weighted by molar-refractivity contribution is 5.35. The SMILES string of the molecule is CCCNc1nc(OC)nc(Oc2cccc(OC)c2)n1. The fraction of sp³-hybridized carbons (Fsp3) is 0.357. The second kappa shape index (κ2) is 7.28. The Morgan fingerprint density at radius 1 is 1.00 bits per heavy atom. The molecule has 1 heterocycles. The molecule has 0 saturated heterocycles. The van der Waals surface area contributed by atoms with Crippen LogP contribution in [0.3, 0.4) is 0 Å². The average molecular weight is 290 g/mol. The van der Waals surface area contributed by atoms with Gasteiger partial charge in [-0.3, -0.25) is 0 Å². The van der Waals surface area contributed by atoms with Gasteiger partial charge in [-0.05, 0) is 18.6 Å². The monoisotopic (exact) mass is 290 g/mol. The minimum absolute atomic E-state index is 0.161. The number of nitrogens with zero attached hydrogens (tertiary/aromatic N) is 3. The van der Waals surface area contributed by atoms with E-state index in [2.05, 4.69) is 27.2 Å². The second-order valence-electron chi connectivity index (χ2n) is 4.14. The van der Waals surface area contributed by atoms with Crippen LogP contribution in [-0.2, 0) is 0 Å². The number of hydrogen-bond acceptors (Lipinski definition) is 7. The summed E-state index contributed by atoms with van der Waals surface area (Å²) < 4.78 is 15.8. The van der Waals surface area contributed by atoms with Gasteiger partial charge in [-0.25, -0.2) is 0 Å². The van der Waals surface area contributed by atoms with Crippen molar-refractivity contribution in [1.29, 1.82) is 0 Å². The molecule has 21 heavy (non-hydrogen) atoms. The summed E-state index contributed by atoms with van der Waals surface area (Å²) in [5, 5.41) is 3.07. The van der Waals surface area contributed by atoms with Crippen LogP contribution in [0.1, 0.15) is 13.3 Å². The zero-order valence-corrected chi connectivity index (χ0v) is 12.3. The van der Waals surface area contributed by atoms with Crippen molar-refractivity contribution in [2.24, 2.45) is 0 Å². The van der Waals surface area contributed by atoms with Gasteiger partial charge in [0, 0.05) is 12.6 Å². The minimum Gasteiger partial charge on any atom is -0.497 e. The van der Waals surface area contributed by atoms with E-state index in [0.717, 1.165) is 13.0 Å². The van der Waals surface area contributed by atoms with E-state index in [0.29, 0.717) is 17.4 Å². The van der Waals surface area contributed by atoms with Crippen LogP contribution in [0, 0.1) is 0 Å². The molecule has 0 aliphatic heterocycles. The molecule has 7 heteroatoms. The summed E-state index contributed by atoms with van der Waals surface area (Å²) in [6, 6.07) is 7.54. The molecule has 112 valence electrons. The van der Waals surface area contributed by atoms with E-state index in [1.807, 2.05) is 12.1 Å². The first-order valence-corrected chi connectivity index (χ1v) is 6.61. The topological polar surface area (TPSA) is 78.4 Å². The highest BCUT2D eigenvalue weighted by atomic mass is 16.5.